The van der Waals surface area contributed by atoms with Gasteiger partial charge in [-0.1, -0.05) is 0 Å². The Kier molecular flexibility index (Phi) is 2.54. The molecule has 0 fully saturated rings. The summed E-state index contributed by atoms with van der Waals surface area (Å²) in [4.78, 5) is 18.8. The highest BCUT2D eigenvalue weighted by Crippen LogP contribution is 2.14. The van der Waals surface area contributed by atoms with Crippen molar-refractivity contribution in [2.45, 2.75) is 6.92 Å². The second-order valence-corrected chi connectivity index (χ2v) is 3.26. The summed E-state index contributed by atoms with van der Waals surface area (Å²) in [6.07, 6.45) is 2.73. The Balaban J connectivity index is 2.63. The van der Waals surface area contributed by atoms with Gasteiger partial charge in [-0.3, -0.25) is 0 Å². The number of hydrogen-bond acceptors (Lipinski definition) is 5. The molecule has 0 saturated carbocycles. The van der Waals surface area contributed by atoms with Crippen molar-refractivity contribution in [3.05, 3.63) is 35.5 Å². The van der Waals surface area contributed by atoms with Gasteiger partial charge in [-0.25, -0.2) is 19.4 Å². The minimum Gasteiger partial charge on any atom is -0.478 e. The molecule has 0 aliphatic rings. The Hall–Kier alpha value is -2.75. The molecule has 0 saturated heterocycles. The molecule has 84 valence electrons. The zero-order chi connectivity index (χ0) is 12.4. The van der Waals surface area contributed by atoms with Crippen LogP contribution in [0.15, 0.2) is 18.6 Å². The topological polar surface area (TPSA) is 105 Å². The fraction of sp³-hybridized carbons (Fsp3) is 0.100. The number of nitrogens with zero attached hydrogens (tertiary/aromatic N) is 5. The molecule has 0 aromatic carbocycles. The number of aromatic carboxylic acids is 1. The minimum absolute atomic E-state index is 0.0374. The molecule has 0 atom stereocenters. The van der Waals surface area contributed by atoms with Gasteiger partial charge in [0.15, 0.2) is 5.82 Å². The Labute approximate surface area is 96.0 Å². The molecular formula is C10H7N5O2. The monoisotopic (exact) mass is 229 g/mol. The zero-order valence-electron chi connectivity index (χ0n) is 8.82. The maximum Gasteiger partial charge on any atom is 0.339 e. The first-order chi connectivity index (χ1) is 8.13. The normalized spacial score (nSPS) is 9.88. The van der Waals surface area contributed by atoms with Crippen LogP contribution in [0.4, 0.5) is 0 Å². The zero-order valence-corrected chi connectivity index (χ0v) is 8.82. The number of carboxylic acids is 1. The summed E-state index contributed by atoms with van der Waals surface area (Å²) in [6.45, 7) is 1.66. The molecule has 2 rings (SSSR count). The van der Waals surface area contributed by atoms with Crippen molar-refractivity contribution >= 4 is 5.97 Å². The highest BCUT2D eigenvalue weighted by Gasteiger charge is 2.17. The number of nitriles is 1. The van der Waals surface area contributed by atoms with Gasteiger partial charge < -0.3 is 5.11 Å². The Morgan fingerprint density at radius 3 is 2.88 bits per heavy atom. The van der Waals surface area contributed by atoms with Gasteiger partial charge in [-0.2, -0.15) is 5.26 Å². The quantitative estimate of drug-likeness (QED) is 0.805. The summed E-state index contributed by atoms with van der Waals surface area (Å²) < 4.78 is 1.18. The van der Waals surface area contributed by atoms with Crippen LogP contribution in [0.25, 0.3) is 5.82 Å². The lowest BCUT2D eigenvalue weighted by molar-refractivity contribution is 0.0695. The molecule has 0 aliphatic heterocycles. The van der Waals surface area contributed by atoms with Crippen LogP contribution in [0, 0.1) is 18.3 Å². The molecule has 0 aliphatic carbocycles. The third-order valence-corrected chi connectivity index (χ3v) is 2.16. The summed E-state index contributed by atoms with van der Waals surface area (Å²) in [5.41, 5.74) is 0.610. The Morgan fingerprint density at radius 1 is 1.53 bits per heavy atom. The van der Waals surface area contributed by atoms with Crippen LogP contribution >= 0.6 is 0 Å². The SMILES string of the molecule is Cc1ccnc(-n2cnc(C#N)n2)c1C(=O)O. The van der Waals surface area contributed by atoms with E-state index in [0.29, 0.717) is 5.56 Å². The van der Waals surface area contributed by atoms with Crippen LogP contribution in [0.3, 0.4) is 0 Å². The standard InChI is InChI=1S/C10H7N5O2/c1-6-2-3-12-9(8(6)10(16)17)15-5-13-7(4-11)14-15/h2-3,5H,1H3,(H,16,17). The molecule has 0 unspecified atom stereocenters. The highest BCUT2D eigenvalue weighted by atomic mass is 16.4. The van der Waals surface area contributed by atoms with Crippen molar-refractivity contribution < 1.29 is 9.90 Å². The van der Waals surface area contributed by atoms with E-state index >= 15 is 0 Å². The lowest BCUT2D eigenvalue weighted by Gasteiger charge is -2.06. The molecule has 0 radical (unpaired) electrons. The molecule has 2 aromatic heterocycles. The molecule has 0 bridgehead atoms. The van der Waals surface area contributed by atoms with E-state index in [1.54, 1.807) is 19.1 Å². The first-order valence-corrected chi connectivity index (χ1v) is 4.64. The van der Waals surface area contributed by atoms with E-state index in [1.165, 1.54) is 17.2 Å². The molecule has 17 heavy (non-hydrogen) atoms. The summed E-state index contributed by atoms with van der Waals surface area (Å²) in [6, 6.07) is 3.35. The Bertz CT molecular complexity index is 626. The van der Waals surface area contributed by atoms with Crippen LogP contribution in [-0.4, -0.2) is 30.8 Å². The van der Waals surface area contributed by atoms with Crippen LogP contribution in [-0.2, 0) is 0 Å². The second kappa shape index (κ2) is 4.02. The third kappa shape index (κ3) is 1.83. The van der Waals surface area contributed by atoms with Gasteiger partial charge in [0.2, 0.25) is 0 Å². The van der Waals surface area contributed by atoms with Crippen molar-refractivity contribution in [3.63, 3.8) is 0 Å². The van der Waals surface area contributed by atoms with Crippen molar-refractivity contribution in [3.8, 4) is 11.9 Å². The van der Waals surface area contributed by atoms with Gasteiger partial charge in [-0.15, -0.1) is 5.10 Å². The van der Waals surface area contributed by atoms with Gasteiger partial charge in [0.25, 0.3) is 5.82 Å². The van der Waals surface area contributed by atoms with Crippen LogP contribution in [0.5, 0.6) is 0 Å². The smallest absolute Gasteiger partial charge is 0.339 e. The van der Waals surface area contributed by atoms with Gasteiger partial charge in [0, 0.05) is 6.20 Å². The molecule has 7 heteroatoms. The summed E-state index contributed by atoms with van der Waals surface area (Å²) >= 11 is 0. The van der Waals surface area contributed by atoms with E-state index < -0.39 is 5.97 Å². The minimum atomic E-state index is -1.10. The number of carbonyl (C=O) groups is 1. The lowest BCUT2D eigenvalue weighted by Crippen LogP contribution is -2.10. The number of hydrogen-bond donors (Lipinski definition) is 1. The molecular weight excluding hydrogens is 222 g/mol. The molecule has 0 amide bonds. The van der Waals surface area contributed by atoms with Gasteiger partial charge in [0.05, 0.1) is 0 Å². The predicted molar refractivity (Wildman–Crippen MR) is 55.6 cm³/mol. The van der Waals surface area contributed by atoms with Crippen molar-refractivity contribution in [1.82, 2.24) is 19.7 Å². The number of carboxylic acid groups (broad SMARTS) is 1. The van der Waals surface area contributed by atoms with E-state index in [4.69, 9.17) is 10.4 Å². The van der Waals surface area contributed by atoms with E-state index in [0.717, 1.165) is 0 Å². The van der Waals surface area contributed by atoms with Crippen molar-refractivity contribution in [1.29, 1.82) is 5.26 Å². The summed E-state index contributed by atoms with van der Waals surface area (Å²) in [7, 11) is 0. The summed E-state index contributed by atoms with van der Waals surface area (Å²) in [5, 5.41) is 21.5. The number of pyridine rings is 1. The number of rotatable bonds is 2. The average molecular weight is 229 g/mol. The maximum atomic E-state index is 11.1. The van der Waals surface area contributed by atoms with E-state index in [-0.39, 0.29) is 17.2 Å². The number of aryl methyl sites for hydroxylation is 1. The summed E-state index contributed by atoms with van der Waals surface area (Å²) in [5.74, 6) is -0.990. The maximum absolute atomic E-state index is 11.1. The first kappa shape index (κ1) is 10.8. The predicted octanol–water partition coefficient (Wildman–Crippen LogP) is 0.541. The van der Waals surface area contributed by atoms with Gasteiger partial charge in [0.1, 0.15) is 18.0 Å². The van der Waals surface area contributed by atoms with E-state index in [2.05, 4.69) is 15.1 Å². The molecule has 7 nitrogen and oxygen atoms in total. The fourth-order valence-corrected chi connectivity index (χ4v) is 1.40. The van der Waals surface area contributed by atoms with Crippen LogP contribution in [0.1, 0.15) is 21.7 Å². The Morgan fingerprint density at radius 2 is 2.29 bits per heavy atom. The largest absolute Gasteiger partial charge is 0.478 e. The van der Waals surface area contributed by atoms with E-state index in [1.807, 2.05) is 0 Å². The molecule has 0 spiro atoms. The van der Waals surface area contributed by atoms with Crippen LogP contribution < -0.4 is 0 Å². The van der Waals surface area contributed by atoms with Crippen LogP contribution in [0.2, 0.25) is 0 Å². The molecule has 1 N–H and O–H groups in total. The second-order valence-electron chi connectivity index (χ2n) is 3.26. The lowest BCUT2D eigenvalue weighted by atomic mass is 10.1. The fourth-order valence-electron chi connectivity index (χ4n) is 1.40. The molecule has 2 heterocycles. The van der Waals surface area contributed by atoms with E-state index in [9.17, 15) is 4.79 Å². The van der Waals surface area contributed by atoms with Crippen molar-refractivity contribution in [2.75, 3.05) is 0 Å². The van der Waals surface area contributed by atoms with Gasteiger partial charge >= 0.3 is 5.97 Å². The first-order valence-electron chi connectivity index (χ1n) is 4.64. The molecule has 2 aromatic rings. The van der Waals surface area contributed by atoms with Gasteiger partial charge in [-0.05, 0) is 18.6 Å². The highest BCUT2D eigenvalue weighted by molar-refractivity contribution is 5.92. The van der Waals surface area contributed by atoms with Crippen molar-refractivity contribution in [2.24, 2.45) is 0 Å². The third-order valence-electron chi connectivity index (χ3n) is 2.16. The average Bonchev–Trinajstić information content (AvgIpc) is 2.76. The number of aromatic nitrogens is 4.